The van der Waals surface area contributed by atoms with Crippen molar-refractivity contribution in [1.82, 2.24) is 4.90 Å². The second kappa shape index (κ2) is 13.2. The molecule has 76 valence electrons. The summed E-state index contributed by atoms with van der Waals surface area (Å²) in [5, 5.41) is 7.32. The predicted octanol–water partition coefficient (Wildman–Crippen LogP) is 1.22. The predicted molar refractivity (Wildman–Crippen MR) is 52.0 cm³/mol. The van der Waals surface area contributed by atoms with Crippen molar-refractivity contribution in [3.05, 3.63) is 0 Å². The lowest BCUT2D eigenvalue weighted by molar-refractivity contribution is -0.126. The molecule has 0 unspecified atom stereocenters. The second-order valence-electron chi connectivity index (χ2n) is 2.55. The van der Waals surface area contributed by atoms with Gasteiger partial charge in [0.15, 0.2) is 0 Å². The highest BCUT2D eigenvalue weighted by molar-refractivity contribution is 5.72. The maximum Gasteiger partial charge on any atom is 0.218 e. The Kier molecular flexibility index (Phi) is 18.0. The molecular formula is C9H18N2O2. The SMILES string of the molecule is CC#N.CC(=O)N(C)C.CC(C)=O. The molecule has 0 aromatic rings. The van der Waals surface area contributed by atoms with Gasteiger partial charge >= 0.3 is 0 Å². The van der Waals surface area contributed by atoms with E-state index in [1.807, 2.05) is 0 Å². The summed E-state index contributed by atoms with van der Waals surface area (Å²) in [6.45, 7) is 6.01. The van der Waals surface area contributed by atoms with Crippen molar-refractivity contribution >= 4 is 11.7 Å². The van der Waals surface area contributed by atoms with Crippen molar-refractivity contribution in [1.29, 1.82) is 5.26 Å². The van der Waals surface area contributed by atoms with Crippen LogP contribution in [0.2, 0.25) is 0 Å². The van der Waals surface area contributed by atoms with Crippen LogP contribution in [0.4, 0.5) is 0 Å². The number of hydrogen-bond acceptors (Lipinski definition) is 3. The van der Waals surface area contributed by atoms with Crippen molar-refractivity contribution in [3.8, 4) is 6.07 Å². The van der Waals surface area contributed by atoms with Gasteiger partial charge in [0.25, 0.3) is 0 Å². The van der Waals surface area contributed by atoms with E-state index in [1.54, 1.807) is 20.2 Å². The molecule has 0 aromatic carbocycles. The third kappa shape index (κ3) is 114. The third-order valence-electron chi connectivity index (χ3n) is 0.630. The Balaban J connectivity index is -0.000000125. The van der Waals surface area contributed by atoms with Gasteiger partial charge in [0.05, 0.1) is 6.07 Å². The first-order valence-corrected chi connectivity index (χ1v) is 3.75. The van der Waals surface area contributed by atoms with Gasteiger partial charge in [-0.15, -0.1) is 0 Å². The Morgan fingerprint density at radius 3 is 1.23 bits per heavy atom. The van der Waals surface area contributed by atoms with Gasteiger partial charge in [-0.2, -0.15) is 5.26 Å². The van der Waals surface area contributed by atoms with Gasteiger partial charge in [-0.3, -0.25) is 4.79 Å². The number of hydrogen-bond donors (Lipinski definition) is 0. The Morgan fingerprint density at radius 2 is 1.23 bits per heavy atom. The highest BCUT2D eigenvalue weighted by Gasteiger charge is 1.87. The summed E-state index contributed by atoms with van der Waals surface area (Å²) in [5.74, 6) is 0.259. The molecule has 0 atom stereocenters. The van der Waals surface area contributed by atoms with Gasteiger partial charge in [0.1, 0.15) is 5.78 Å². The van der Waals surface area contributed by atoms with Crippen LogP contribution in [0.1, 0.15) is 27.7 Å². The minimum Gasteiger partial charge on any atom is -0.349 e. The van der Waals surface area contributed by atoms with E-state index in [0.29, 0.717) is 0 Å². The fourth-order valence-electron chi connectivity index (χ4n) is 0. The highest BCUT2D eigenvalue weighted by atomic mass is 16.2. The maximum atomic E-state index is 10.1. The summed E-state index contributed by atoms with van der Waals surface area (Å²) in [6, 6.07) is 1.75. The summed E-state index contributed by atoms with van der Waals surface area (Å²) in [4.78, 5) is 21.0. The summed E-state index contributed by atoms with van der Waals surface area (Å²) in [5.41, 5.74) is 0. The standard InChI is InChI=1S/C4H9NO.C3H6O.C2H3N/c1-4(6)5(2)3;1-3(2)4;1-2-3/h1-3H3;1-2H3;1H3. The van der Waals surface area contributed by atoms with Crippen LogP contribution in [0.25, 0.3) is 0 Å². The zero-order valence-electron chi connectivity index (χ0n) is 9.21. The number of nitrogens with zero attached hydrogens (tertiary/aromatic N) is 2. The van der Waals surface area contributed by atoms with Crippen molar-refractivity contribution in [2.24, 2.45) is 0 Å². The van der Waals surface area contributed by atoms with Crippen LogP contribution in [0.5, 0.6) is 0 Å². The summed E-state index contributed by atoms with van der Waals surface area (Å²) < 4.78 is 0. The molecule has 0 spiro atoms. The number of amides is 1. The lowest BCUT2D eigenvalue weighted by Crippen LogP contribution is -2.17. The molecule has 0 saturated heterocycles. The molecule has 0 rings (SSSR count). The minimum atomic E-state index is 0.0926. The van der Waals surface area contributed by atoms with Crippen LogP contribution in [-0.4, -0.2) is 30.7 Å². The topological polar surface area (TPSA) is 61.2 Å². The molecule has 0 N–H and O–H groups in total. The monoisotopic (exact) mass is 186 g/mol. The summed E-state index contributed by atoms with van der Waals surface area (Å²) in [7, 11) is 3.45. The van der Waals surface area contributed by atoms with E-state index in [9.17, 15) is 9.59 Å². The van der Waals surface area contributed by atoms with Crippen LogP contribution in [0, 0.1) is 11.3 Å². The first-order valence-electron chi connectivity index (χ1n) is 3.75. The quantitative estimate of drug-likeness (QED) is 0.571. The molecule has 0 aliphatic carbocycles. The van der Waals surface area contributed by atoms with Gasteiger partial charge in [0, 0.05) is 27.9 Å². The van der Waals surface area contributed by atoms with Crippen LogP contribution < -0.4 is 0 Å². The smallest absolute Gasteiger partial charge is 0.218 e. The van der Waals surface area contributed by atoms with Crippen molar-refractivity contribution in [3.63, 3.8) is 0 Å². The fraction of sp³-hybridized carbons (Fsp3) is 0.667. The van der Waals surface area contributed by atoms with E-state index in [4.69, 9.17) is 5.26 Å². The Bertz CT molecular complexity index is 177. The number of nitriles is 1. The number of carbonyl (C=O) groups excluding carboxylic acids is 2. The Hall–Kier alpha value is -1.37. The fourth-order valence-corrected chi connectivity index (χ4v) is 0. The number of rotatable bonds is 0. The minimum absolute atomic E-state index is 0.0926. The zero-order valence-corrected chi connectivity index (χ0v) is 9.21. The number of ketones is 1. The molecule has 0 fully saturated rings. The van der Waals surface area contributed by atoms with Gasteiger partial charge in [0.2, 0.25) is 5.91 Å². The molecule has 0 saturated carbocycles. The Labute approximate surface area is 80.1 Å². The van der Waals surface area contributed by atoms with Gasteiger partial charge < -0.3 is 9.69 Å². The van der Waals surface area contributed by atoms with Crippen LogP contribution in [-0.2, 0) is 9.59 Å². The molecule has 4 heteroatoms. The van der Waals surface area contributed by atoms with E-state index in [2.05, 4.69) is 0 Å². The van der Waals surface area contributed by atoms with E-state index in [0.717, 1.165) is 0 Å². The normalized spacial score (nSPS) is 6.23. The molecule has 0 aliphatic rings. The average molecular weight is 186 g/mol. The Morgan fingerprint density at radius 1 is 1.15 bits per heavy atom. The van der Waals surface area contributed by atoms with Gasteiger partial charge in [-0.25, -0.2) is 0 Å². The summed E-state index contributed by atoms with van der Waals surface area (Å²) in [6.07, 6.45) is 0. The van der Waals surface area contributed by atoms with Crippen molar-refractivity contribution in [2.75, 3.05) is 14.1 Å². The van der Waals surface area contributed by atoms with E-state index in [-0.39, 0.29) is 11.7 Å². The largest absolute Gasteiger partial charge is 0.349 e. The molecule has 1 amide bonds. The van der Waals surface area contributed by atoms with Crippen LogP contribution in [0.3, 0.4) is 0 Å². The van der Waals surface area contributed by atoms with Crippen molar-refractivity contribution < 1.29 is 9.59 Å². The molecule has 0 radical (unpaired) electrons. The number of Topliss-reactive ketones (excluding diaryl/α,β-unsaturated/α-hetero) is 1. The molecule has 0 aliphatic heterocycles. The molecule has 4 nitrogen and oxygen atoms in total. The average Bonchev–Trinajstić information content (AvgIpc) is 1.87. The molecular weight excluding hydrogens is 168 g/mol. The zero-order chi connectivity index (χ0) is 11.4. The van der Waals surface area contributed by atoms with Gasteiger partial charge in [-0.05, 0) is 13.8 Å². The van der Waals surface area contributed by atoms with Gasteiger partial charge in [-0.1, -0.05) is 0 Å². The van der Waals surface area contributed by atoms with E-state index in [1.165, 1.54) is 32.6 Å². The molecule has 13 heavy (non-hydrogen) atoms. The van der Waals surface area contributed by atoms with E-state index >= 15 is 0 Å². The van der Waals surface area contributed by atoms with E-state index < -0.39 is 0 Å². The van der Waals surface area contributed by atoms with Crippen LogP contribution >= 0.6 is 0 Å². The lowest BCUT2D eigenvalue weighted by atomic mass is 10.6. The second-order valence-corrected chi connectivity index (χ2v) is 2.55. The summed E-state index contributed by atoms with van der Waals surface area (Å²) >= 11 is 0. The van der Waals surface area contributed by atoms with Crippen LogP contribution in [0.15, 0.2) is 0 Å². The lowest BCUT2D eigenvalue weighted by Gasteiger charge is -2.02. The first-order chi connectivity index (χ1) is 5.79. The third-order valence-corrected chi connectivity index (χ3v) is 0.630. The molecule has 0 heterocycles. The van der Waals surface area contributed by atoms with Crippen molar-refractivity contribution in [2.45, 2.75) is 27.7 Å². The first kappa shape index (κ1) is 17.6. The molecule has 0 aromatic heterocycles. The molecule has 0 bridgehead atoms. The highest BCUT2D eigenvalue weighted by Crippen LogP contribution is 1.69. The number of carbonyl (C=O) groups is 2. The maximum absolute atomic E-state index is 10.1.